The quantitative estimate of drug-likeness (QED) is 0.214. The lowest BCUT2D eigenvalue weighted by Crippen LogP contribution is -2.39. The molecule has 2 rings (SSSR count). The second-order valence-corrected chi connectivity index (χ2v) is 6.57. The smallest absolute Gasteiger partial charge is 0.222 e. The Morgan fingerprint density at radius 3 is 2.74 bits per heavy atom. The summed E-state index contributed by atoms with van der Waals surface area (Å²) in [6.07, 6.45) is 7.53. The Labute approximate surface area is 179 Å². The highest BCUT2D eigenvalue weighted by Crippen LogP contribution is 2.09. The molecule has 0 unspecified atom stereocenters. The Morgan fingerprint density at radius 1 is 1.22 bits per heavy atom. The van der Waals surface area contributed by atoms with E-state index in [-0.39, 0.29) is 29.9 Å². The van der Waals surface area contributed by atoms with Gasteiger partial charge >= 0.3 is 0 Å². The van der Waals surface area contributed by atoms with Crippen LogP contribution in [0, 0.1) is 0 Å². The lowest BCUT2D eigenvalue weighted by Gasteiger charge is -2.15. The molecule has 0 bridgehead atoms. The van der Waals surface area contributed by atoms with Gasteiger partial charge in [0.25, 0.3) is 0 Å². The summed E-state index contributed by atoms with van der Waals surface area (Å²) < 4.78 is 2.07. The van der Waals surface area contributed by atoms with E-state index in [4.69, 9.17) is 0 Å². The van der Waals surface area contributed by atoms with Crippen LogP contribution in [0.25, 0.3) is 0 Å². The zero-order valence-electron chi connectivity index (χ0n) is 16.6. The summed E-state index contributed by atoms with van der Waals surface area (Å²) in [7, 11) is 0. The molecule has 1 amide bonds. The predicted octanol–water partition coefficient (Wildman–Crippen LogP) is 1.81. The van der Waals surface area contributed by atoms with E-state index in [9.17, 15) is 4.79 Å². The fraction of sp³-hybridized carbons (Fsp3) is 0.778. The first-order valence-electron chi connectivity index (χ1n) is 9.91. The van der Waals surface area contributed by atoms with Crippen molar-refractivity contribution in [1.82, 2.24) is 30.3 Å². The van der Waals surface area contributed by atoms with Crippen LogP contribution in [0.5, 0.6) is 0 Å². The largest absolute Gasteiger partial charge is 0.356 e. The van der Waals surface area contributed by atoms with Gasteiger partial charge in [-0.15, -0.1) is 34.2 Å². The number of carbonyl (C=O) groups excluding carboxylic acids is 1. The number of unbranched alkanes of at least 4 members (excludes halogenated alkanes) is 1. The minimum atomic E-state index is 0. The molecular weight excluding hydrogens is 457 g/mol. The summed E-state index contributed by atoms with van der Waals surface area (Å²) in [5.74, 6) is 2.13. The average Bonchev–Trinajstić information content (AvgIpc) is 3.27. The summed E-state index contributed by atoms with van der Waals surface area (Å²) in [6.45, 7) is 9.19. The molecule has 0 aliphatic carbocycles. The van der Waals surface area contributed by atoms with Crippen LogP contribution in [-0.2, 0) is 17.8 Å². The number of likely N-dealkylation sites (tertiary alicyclic amines) is 1. The molecule has 0 radical (unpaired) electrons. The molecule has 1 aliphatic heterocycles. The van der Waals surface area contributed by atoms with E-state index < -0.39 is 0 Å². The molecule has 2 N–H and O–H groups in total. The molecule has 0 aromatic carbocycles. The van der Waals surface area contributed by atoms with Crippen molar-refractivity contribution in [2.24, 2.45) is 4.99 Å². The molecular formula is C18H34IN7O. The van der Waals surface area contributed by atoms with Gasteiger partial charge in [0.15, 0.2) is 5.96 Å². The number of aryl methyl sites for hydroxylation is 1. The van der Waals surface area contributed by atoms with E-state index in [0.717, 1.165) is 83.2 Å². The molecule has 1 aliphatic rings. The van der Waals surface area contributed by atoms with Gasteiger partial charge in [0, 0.05) is 52.1 Å². The van der Waals surface area contributed by atoms with Gasteiger partial charge in [-0.1, -0.05) is 20.3 Å². The van der Waals surface area contributed by atoms with Gasteiger partial charge in [0.2, 0.25) is 5.91 Å². The third-order valence-corrected chi connectivity index (χ3v) is 4.51. The van der Waals surface area contributed by atoms with Gasteiger partial charge in [-0.05, 0) is 19.3 Å². The molecule has 0 atom stereocenters. The fourth-order valence-electron chi connectivity index (χ4n) is 2.98. The van der Waals surface area contributed by atoms with E-state index in [1.54, 1.807) is 6.33 Å². The van der Waals surface area contributed by atoms with Crippen LogP contribution in [0.1, 0.15) is 51.8 Å². The van der Waals surface area contributed by atoms with Gasteiger partial charge in [0.05, 0.1) is 0 Å². The summed E-state index contributed by atoms with van der Waals surface area (Å²) in [4.78, 5) is 18.2. The molecule has 9 heteroatoms. The zero-order chi connectivity index (χ0) is 18.6. The number of guanidine groups is 1. The molecule has 1 fully saturated rings. The topological polar surface area (TPSA) is 87.4 Å². The summed E-state index contributed by atoms with van der Waals surface area (Å²) in [5.41, 5.74) is 0. The van der Waals surface area contributed by atoms with Crippen LogP contribution in [0.15, 0.2) is 11.3 Å². The summed E-state index contributed by atoms with van der Waals surface area (Å²) >= 11 is 0. The van der Waals surface area contributed by atoms with Gasteiger partial charge < -0.3 is 20.1 Å². The molecule has 0 saturated carbocycles. The van der Waals surface area contributed by atoms with Crippen LogP contribution in [0.2, 0.25) is 0 Å². The standard InChI is InChI=1S/C18H33N7O.HI/c1-3-5-9-19-18(20-10-7-13-24-12-6-8-17(24)26)21-11-14-25-15-22-23-16(25)4-2;/h15H,3-14H2,1-2H3,(H2,19,20,21);1H. The van der Waals surface area contributed by atoms with Crippen LogP contribution in [0.3, 0.4) is 0 Å². The van der Waals surface area contributed by atoms with Crippen molar-refractivity contribution in [3.63, 3.8) is 0 Å². The van der Waals surface area contributed by atoms with E-state index in [1.165, 1.54) is 0 Å². The highest BCUT2D eigenvalue weighted by molar-refractivity contribution is 14.0. The Kier molecular flexibility index (Phi) is 12.0. The molecule has 2 heterocycles. The van der Waals surface area contributed by atoms with Crippen LogP contribution >= 0.6 is 24.0 Å². The Bertz CT molecular complexity index is 576. The van der Waals surface area contributed by atoms with Crippen molar-refractivity contribution in [2.45, 2.75) is 58.9 Å². The second kappa shape index (κ2) is 13.7. The Hall–Kier alpha value is -1.39. The molecule has 154 valence electrons. The molecule has 1 aromatic heterocycles. The number of nitrogens with one attached hydrogen (secondary N) is 2. The van der Waals surface area contributed by atoms with Gasteiger partial charge in [-0.25, -0.2) is 0 Å². The first kappa shape index (κ1) is 23.6. The van der Waals surface area contributed by atoms with Crippen molar-refractivity contribution in [3.8, 4) is 0 Å². The normalized spacial score (nSPS) is 14.4. The molecule has 1 saturated heterocycles. The number of hydrogen-bond donors (Lipinski definition) is 2. The first-order valence-corrected chi connectivity index (χ1v) is 9.91. The molecule has 8 nitrogen and oxygen atoms in total. The fourth-order valence-corrected chi connectivity index (χ4v) is 2.98. The van der Waals surface area contributed by atoms with Crippen molar-refractivity contribution < 1.29 is 4.79 Å². The monoisotopic (exact) mass is 491 g/mol. The van der Waals surface area contributed by atoms with Gasteiger partial charge in [-0.2, -0.15) is 0 Å². The molecule has 27 heavy (non-hydrogen) atoms. The third kappa shape index (κ3) is 8.44. The minimum Gasteiger partial charge on any atom is -0.356 e. The number of carbonyl (C=O) groups is 1. The van der Waals surface area contributed by atoms with E-state index in [1.807, 2.05) is 4.90 Å². The average molecular weight is 491 g/mol. The third-order valence-electron chi connectivity index (χ3n) is 4.51. The zero-order valence-corrected chi connectivity index (χ0v) is 18.9. The number of halogens is 1. The molecule has 1 aromatic rings. The molecule has 0 spiro atoms. The summed E-state index contributed by atoms with van der Waals surface area (Å²) in [6, 6.07) is 0. The second-order valence-electron chi connectivity index (χ2n) is 6.57. The van der Waals surface area contributed by atoms with Gasteiger partial charge in [0.1, 0.15) is 12.2 Å². The highest BCUT2D eigenvalue weighted by Gasteiger charge is 2.18. The van der Waals surface area contributed by atoms with Crippen LogP contribution in [-0.4, -0.2) is 64.3 Å². The SMILES string of the molecule is CCCCNC(=NCCCN1CCCC1=O)NCCn1cnnc1CC.I. The van der Waals surface area contributed by atoms with Crippen LogP contribution < -0.4 is 10.6 Å². The van der Waals surface area contributed by atoms with Crippen molar-refractivity contribution in [2.75, 3.05) is 32.7 Å². The van der Waals surface area contributed by atoms with Crippen LogP contribution in [0.4, 0.5) is 0 Å². The number of rotatable bonds is 11. The summed E-state index contributed by atoms with van der Waals surface area (Å²) in [5, 5.41) is 14.8. The maximum atomic E-state index is 11.6. The van der Waals surface area contributed by atoms with Crippen molar-refractivity contribution in [3.05, 3.63) is 12.2 Å². The Morgan fingerprint density at radius 2 is 2.04 bits per heavy atom. The van der Waals surface area contributed by atoms with E-state index in [0.29, 0.717) is 6.42 Å². The number of nitrogens with zero attached hydrogens (tertiary/aromatic N) is 5. The number of amides is 1. The predicted molar refractivity (Wildman–Crippen MR) is 118 cm³/mol. The highest BCUT2D eigenvalue weighted by atomic mass is 127. The van der Waals surface area contributed by atoms with E-state index in [2.05, 4.69) is 44.2 Å². The first-order chi connectivity index (χ1) is 12.7. The number of aromatic nitrogens is 3. The van der Waals surface area contributed by atoms with Crippen molar-refractivity contribution in [1.29, 1.82) is 0 Å². The lowest BCUT2D eigenvalue weighted by molar-refractivity contribution is -0.127. The maximum Gasteiger partial charge on any atom is 0.222 e. The van der Waals surface area contributed by atoms with E-state index >= 15 is 0 Å². The van der Waals surface area contributed by atoms with Crippen molar-refractivity contribution >= 4 is 35.8 Å². The number of hydrogen-bond acceptors (Lipinski definition) is 4. The lowest BCUT2D eigenvalue weighted by atomic mass is 10.3. The Balaban J connectivity index is 0.00000364. The minimum absolute atomic E-state index is 0. The van der Waals surface area contributed by atoms with Gasteiger partial charge in [-0.3, -0.25) is 9.79 Å². The number of aliphatic imine (C=N–C) groups is 1. The maximum absolute atomic E-state index is 11.6.